The van der Waals surface area contributed by atoms with Crippen molar-refractivity contribution in [2.24, 2.45) is 41.4 Å². The van der Waals surface area contributed by atoms with Crippen molar-refractivity contribution in [3.63, 3.8) is 0 Å². The molecule has 0 aliphatic heterocycles. The first-order chi connectivity index (χ1) is 9.28. The molecule has 6 fully saturated rings. The summed E-state index contributed by atoms with van der Waals surface area (Å²) >= 11 is 0. The fraction of sp³-hybridized carbons (Fsp3) is 0.647. The van der Waals surface area contributed by atoms with Gasteiger partial charge in [-0.15, -0.1) is 0 Å². The van der Waals surface area contributed by atoms with Crippen LogP contribution in [0.1, 0.15) is 12.0 Å². The third-order valence-corrected chi connectivity index (χ3v) is 7.76. The molecule has 6 aliphatic rings. The molecule has 0 amide bonds. The zero-order valence-corrected chi connectivity index (χ0v) is 10.7. The van der Waals surface area contributed by atoms with Crippen LogP contribution >= 0.6 is 0 Å². The third kappa shape index (κ3) is 0.696. The van der Waals surface area contributed by atoms with E-state index in [1.54, 1.807) is 0 Å². The van der Waals surface area contributed by atoms with E-state index in [-0.39, 0.29) is 17.6 Å². The van der Waals surface area contributed by atoms with Crippen LogP contribution in [-0.4, -0.2) is 22.4 Å². The van der Waals surface area contributed by atoms with Gasteiger partial charge in [0.1, 0.15) is 0 Å². The minimum absolute atomic E-state index is 0.0989. The van der Waals surface area contributed by atoms with Gasteiger partial charge in [0, 0.05) is 11.3 Å². The number of benzene rings is 1. The molecule has 0 saturated heterocycles. The summed E-state index contributed by atoms with van der Waals surface area (Å²) in [5, 5.41) is 21.8. The van der Waals surface area contributed by atoms with Crippen molar-refractivity contribution in [1.29, 1.82) is 0 Å². The van der Waals surface area contributed by atoms with E-state index >= 15 is 0 Å². The highest BCUT2D eigenvalue weighted by Gasteiger charge is 2.89. The van der Waals surface area contributed by atoms with Gasteiger partial charge < -0.3 is 10.2 Å². The second kappa shape index (κ2) is 2.64. The molecule has 6 aliphatic carbocycles. The average molecular weight is 254 g/mol. The van der Waals surface area contributed by atoms with Crippen molar-refractivity contribution in [3.05, 3.63) is 35.9 Å². The Bertz CT molecular complexity index is 580. The van der Waals surface area contributed by atoms with Gasteiger partial charge in [0.15, 0.2) is 0 Å². The molecule has 6 bridgehead atoms. The van der Waals surface area contributed by atoms with Crippen molar-refractivity contribution in [2.45, 2.75) is 24.0 Å². The van der Waals surface area contributed by atoms with Crippen molar-refractivity contribution in [1.82, 2.24) is 0 Å². The molecular weight excluding hydrogens is 236 g/mol. The summed E-state index contributed by atoms with van der Waals surface area (Å²) in [6, 6.07) is 10.6. The predicted molar refractivity (Wildman–Crippen MR) is 69.2 cm³/mol. The van der Waals surface area contributed by atoms with E-state index in [2.05, 4.69) is 24.3 Å². The van der Waals surface area contributed by atoms with Crippen LogP contribution in [0, 0.1) is 41.4 Å². The molecule has 1 aromatic carbocycles. The van der Waals surface area contributed by atoms with Crippen LogP contribution in [0.25, 0.3) is 0 Å². The molecule has 0 aromatic heterocycles. The lowest BCUT2D eigenvalue weighted by atomic mass is 9.61. The van der Waals surface area contributed by atoms with Gasteiger partial charge in [-0.3, -0.25) is 0 Å². The van der Waals surface area contributed by atoms with Gasteiger partial charge in [0.25, 0.3) is 0 Å². The Kier molecular flexibility index (Phi) is 1.38. The van der Waals surface area contributed by atoms with E-state index in [4.69, 9.17) is 0 Å². The maximum atomic E-state index is 11.0. The molecule has 19 heavy (non-hydrogen) atoms. The summed E-state index contributed by atoms with van der Waals surface area (Å²) in [4.78, 5) is 0. The van der Waals surface area contributed by atoms with Crippen LogP contribution in [0.4, 0.5) is 0 Å². The quantitative estimate of drug-likeness (QED) is 0.795. The van der Waals surface area contributed by atoms with Crippen molar-refractivity contribution >= 4 is 0 Å². The first-order valence-corrected chi connectivity index (χ1v) is 7.69. The molecule has 0 spiro atoms. The van der Waals surface area contributed by atoms with E-state index in [0.29, 0.717) is 35.5 Å². The third-order valence-electron chi connectivity index (χ3n) is 7.76. The zero-order chi connectivity index (χ0) is 12.5. The summed E-state index contributed by atoms with van der Waals surface area (Å²) < 4.78 is 0. The maximum absolute atomic E-state index is 11.0. The number of hydrogen-bond acceptors (Lipinski definition) is 2. The van der Waals surface area contributed by atoms with Gasteiger partial charge in [-0.1, -0.05) is 30.3 Å². The highest BCUT2D eigenvalue weighted by atomic mass is 16.3. The molecule has 98 valence electrons. The molecule has 6 saturated carbocycles. The Morgan fingerprint density at radius 2 is 1.68 bits per heavy atom. The van der Waals surface area contributed by atoms with Crippen molar-refractivity contribution in [2.75, 3.05) is 0 Å². The lowest BCUT2D eigenvalue weighted by Crippen LogP contribution is -2.44. The number of hydrogen-bond donors (Lipinski definition) is 2. The minimum atomic E-state index is -0.202. The van der Waals surface area contributed by atoms with Crippen LogP contribution in [0.5, 0.6) is 0 Å². The van der Waals surface area contributed by atoms with Gasteiger partial charge in [0.05, 0.1) is 12.2 Å². The fourth-order valence-corrected chi connectivity index (χ4v) is 7.93. The Balaban J connectivity index is 1.68. The number of aliphatic hydroxyl groups is 2. The summed E-state index contributed by atoms with van der Waals surface area (Å²) in [5.74, 6) is 3.93. The van der Waals surface area contributed by atoms with Gasteiger partial charge in [-0.2, -0.15) is 0 Å². The normalized spacial score (nSPS) is 65.9. The molecule has 2 heteroatoms. The van der Waals surface area contributed by atoms with Crippen LogP contribution in [0.15, 0.2) is 30.3 Å². The first kappa shape index (κ1) is 9.95. The Hall–Kier alpha value is -0.860. The van der Waals surface area contributed by atoms with E-state index in [1.807, 2.05) is 6.07 Å². The van der Waals surface area contributed by atoms with Crippen molar-refractivity contribution < 1.29 is 10.2 Å². The summed E-state index contributed by atoms with van der Waals surface area (Å²) in [6.45, 7) is 0. The van der Waals surface area contributed by atoms with Gasteiger partial charge >= 0.3 is 0 Å². The van der Waals surface area contributed by atoms with Crippen LogP contribution in [0.2, 0.25) is 0 Å². The van der Waals surface area contributed by atoms with E-state index in [1.165, 1.54) is 12.0 Å². The average Bonchev–Trinajstić information content (AvgIpc) is 3.15. The molecule has 2 nitrogen and oxygen atoms in total. The van der Waals surface area contributed by atoms with E-state index < -0.39 is 0 Å². The molecule has 0 radical (unpaired) electrons. The maximum Gasteiger partial charge on any atom is 0.0677 e. The van der Waals surface area contributed by atoms with Crippen LogP contribution in [-0.2, 0) is 5.41 Å². The second-order valence-corrected chi connectivity index (χ2v) is 7.58. The van der Waals surface area contributed by atoms with Crippen LogP contribution < -0.4 is 0 Å². The SMILES string of the molecule is O[C@@H]1[C@@H]2[C@H]3C[C@@H]4[C@H]5[C@@H]3[C@@H]1[C@](c1ccccc1)([C@H]42)[C@H]5O. The number of aliphatic hydroxyl groups excluding tert-OH is 2. The lowest BCUT2D eigenvalue weighted by Gasteiger charge is -2.42. The Morgan fingerprint density at radius 3 is 2.47 bits per heavy atom. The number of rotatable bonds is 1. The molecule has 0 heterocycles. The van der Waals surface area contributed by atoms with Crippen molar-refractivity contribution in [3.8, 4) is 0 Å². The molecular formula is C17H18O2. The molecule has 0 unspecified atom stereocenters. The lowest BCUT2D eigenvalue weighted by molar-refractivity contribution is 0.0683. The summed E-state index contributed by atoms with van der Waals surface area (Å²) in [7, 11) is 0. The summed E-state index contributed by atoms with van der Waals surface area (Å²) in [6.07, 6.45) is 0.934. The Morgan fingerprint density at radius 1 is 0.895 bits per heavy atom. The minimum Gasteiger partial charge on any atom is -0.392 e. The second-order valence-electron chi connectivity index (χ2n) is 7.58. The van der Waals surface area contributed by atoms with Crippen LogP contribution in [0.3, 0.4) is 0 Å². The highest BCUT2D eigenvalue weighted by molar-refractivity contribution is 5.47. The molecule has 1 aromatic rings. The first-order valence-electron chi connectivity index (χ1n) is 7.69. The predicted octanol–water partition coefficient (Wildman–Crippen LogP) is 1.42. The van der Waals surface area contributed by atoms with E-state index in [0.717, 1.165) is 5.92 Å². The molecule has 10 atom stereocenters. The standard InChI is InChI=1S/C17H18O2/c18-15-12-8-6-9-11-10(8)14(15)17(13(9)12,16(11)19)7-4-2-1-3-5-7/h1-5,8-16,18-19H,6H2/t8-,9+,10+,11-,12+,13+,14-,15+,16-,17-/m0/s1. The largest absolute Gasteiger partial charge is 0.392 e. The van der Waals surface area contributed by atoms with E-state index in [9.17, 15) is 10.2 Å². The van der Waals surface area contributed by atoms with Gasteiger partial charge in [0.2, 0.25) is 0 Å². The monoisotopic (exact) mass is 254 g/mol. The smallest absolute Gasteiger partial charge is 0.0677 e. The molecule has 7 rings (SSSR count). The Labute approximate surface area is 112 Å². The molecule has 2 N–H and O–H groups in total. The summed E-state index contributed by atoms with van der Waals surface area (Å²) in [5.41, 5.74) is 1.20. The van der Waals surface area contributed by atoms with Gasteiger partial charge in [-0.05, 0) is 47.5 Å². The fourth-order valence-electron chi connectivity index (χ4n) is 7.93. The highest BCUT2D eigenvalue weighted by Crippen LogP contribution is 2.86. The van der Waals surface area contributed by atoms with Gasteiger partial charge in [-0.25, -0.2) is 0 Å². The zero-order valence-electron chi connectivity index (χ0n) is 10.7. The topological polar surface area (TPSA) is 40.5 Å².